The number of aromatic nitrogens is 2. The molecule has 0 radical (unpaired) electrons. The molecular formula is C16H20N4O2S. The van der Waals surface area contributed by atoms with E-state index in [1.54, 1.807) is 12.5 Å². The van der Waals surface area contributed by atoms with Crippen LogP contribution in [0.25, 0.3) is 0 Å². The van der Waals surface area contributed by atoms with Gasteiger partial charge in [-0.05, 0) is 25.5 Å². The van der Waals surface area contributed by atoms with Crippen LogP contribution in [0.5, 0.6) is 0 Å². The van der Waals surface area contributed by atoms with Crippen molar-refractivity contribution in [3.63, 3.8) is 0 Å². The van der Waals surface area contributed by atoms with Gasteiger partial charge in [0.2, 0.25) is 5.91 Å². The van der Waals surface area contributed by atoms with Crippen LogP contribution in [-0.4, -0.2) is 57.8 Å². The van der Waals surface area contributed by atoms with Crippen molar-refractivity contribution in [2.75, 3.05) is 26.2 Å². The minimum atomic E-state index is 0.0765. The lowest BCUT2D eigenvalue weighted by molar-refractivity contribution is -0.132. The Bertz CT molecular complexity index is 672. The Kier molecular flexibility index (Phi) is 4.76. The first-order valence-electron chi connectivity index (χ1n) is 7.74. The zero-order chi connectivity index (χ0) is 16.2. The smallest absolute Gasteiger partial charge is 0.264 e. The second kappa shape index (κ2) is 6.95. The van der Waals surface area contributed by atoms with E-state index in [0.29, 0.717) is 39.0 Å². The number of rotatable bonds is 4. The molecule has 0 spiro atoms. The van der Waals surface area contributed by atoms with Crippen LogP contribution in [0, 0.1) is 6.92 Å². The molecule has 0 unspecified atom stereocenters. The van der Waals surface area contributed by atoms with Crippen LogP contribution in [0.1, 0.15) is 26.7 Å². The van der Waals surface area contributed by atoms with Gasteiger partial charge in [0.1, 0.15) is 0 Å². The maximum absolute atomic E-state index is 12.4. The summed E-state index contributed by atoms with van der Waals surface area (Å²) in [7, 11) is 0. The van der Waals surface area contributed by atoms with E-state index in [1.807, 2.05) is 28.9 Å². The number of carbonyl (C=O) groups is 2. The Morgan fingerprint density at radius 2 is 1.96 bits per heavy atom. The minimum Gasteiger partial charge on any atom is -0.348 e. The summed E-state index contributed by atoms with van der Waals surface area (Å²) in [6, 6.07) is 3.84. The summed E-state index contributed by atoms with van der Waals surface area (Å²) >= 11 is 1.52. The molecule has 1 aliphatic heterocycles. The van der Waals surface area contributed by atoms with E-state index in [1.165, 1.54) is 11.3 Å². The van der Waals surface area contributed by atoms with Crippen molar-refractivity contribution in [3.05, 3.63) is 40.1 Å². The number of hydrogen-bond donors (Lipinski definition) is 1. The number of aromatic amines is 1. The monoisotopic (exact) mass is 332 g/mol. The van der Waals surface area contributed by atoms with Gasteiger partial charge in [-0.15, -0.1) is 11.3 Å². The fourth-order valence-corrected chi connectivity index (χ4v) is 3.52. The highest BCUT2D eigenvalue weighted by Crippen LogP contribution is 2.18. The van der Waals surface area contributed by atoms with Gasteiger partial charge in [0.05, 0.1) is 11.2 Å². The fourth-order valence-electron chi connectivity index (χ4n) is 2.69. The van der Waals surface area contributed by atoms with E-state index in [-0.39, 0.29) is 11.8 Å². The Balaban J connectivity index is 1.48. The molecule has 0 saturated carbocycles. The third-order valence-corrected chi connectivity index (χ3v) is 5.02. The van der Waals surface area contributed by atoms with Gasteiger partial charge in [-0.1, -0.05) is 0 Å². The van der Waals surface area contributed by atoms with Crippen molar-refractivity contribution < 1.29 is 9.59 Å². The van der Waals surface area contributed by atoms with E-state index >= 15 is 0 Å². The lowest BCUT2D eigenvalue weighted by Crippen LogP contribution is -2.50. The van der Waals surface area contributed by atoms with E-state index in [9.17, 15) is 9.59 Å². The quantitative estimate of drug-likeness (QED) is 0.926. The molecule has 3 heterocycles. The molecule has 2 aromatic heterocycles. The first kappa shape index (κ1) is 15.7. The van der Waals surface area contributed by atoms with Crippen LogP contribution < -0.4 is 0 Å². The Morgan fingerprint density at radius 3 is 2.57 bits per heavy atom. The number of nitrogens with zero attached hydrogens (tertiary/aromatic N) is 3. The van der Waals surface area contributed by atoms with Crippen molar-refractivity contribution >= 4 is 23.2 Å². The van der Waals surface area contributed by atoms with E-state index in [0.717, 1.165) is 15.4 Å². The van der Waals surface area contributed by atoms with Crippen LogP contribution in [-0.2, 0) is 11.2 Å². The molecule has 122 valence electrons. The molecule has 0 bridgehead atoms. The number of amides is 2. The fraction of sp³-hybridized carbons (Fsp3) is 0.438. The zero-order valence-electron chi connectivity index (χ0n) is 13.1. The van der Waals surface area contributed by atoms with Gasteiger partial charge < -0.3 is 14.8 Å². The average Bonchev–Trinajstić information content (AvgIpc) is 3.23. The lowest BCUT2D eigenvalue weighted by atomic mass is 10.2. The van der Waals surface area contributed by atoms with Gasteiger partial charge in [0, 0.05) is 49.4 Å². The molecule has 2 amide bonds. The summed E-state index contributed by atoms with van der Waals surface area (Å²) in [6.07, 6.45) is 4.51. The van der Waals surface area contributed by atoms with Crippen molar-refractivity contribution in [2.24, 2.45) is 0 Å². The average molecular weight is 332 g/mol. The third-order valence-electron chi connectivity index (χ3n) is 4.03. The van der Waals surface area contributed by atoms with Gasteiger partial charge in [0.25, 0.3) is 5.91 Å². The number of aryl methyl sites for hydroxylation is 2. The summed E-state index contributed by atoms with van der Waals surface area (Å²) in [6.45, 7) is 4.42. The maximum atomic E-state index is 12.4. The Hall–Kier alpha value is -2.15. The summed E-state index contributed by atoms with van der Waals surface area (Å²) in [4.78, 5) is 37.2. The third kappa shape index (κ3) is 3.79. The number of H-pyrrole nitrogens is 1. The SMILES string of the molecule is Cc1ccc(C(=O)N2CCN(C(=O)CCc3cnc[nH]3)CC2)s1. The normalized spacial score (nSPS) is 15.0. The predicted octanol–water partition coefficient (Wildman–Crippen LogP) is 1.70. The highest BCUT2D eigenvalue weighted by Gasteiger charge is 2.25. The second-order valence-electron chi connectivity index (χ2n) is 5.66. The first-order chi connectivity index (χ1) is 11.1. The highest BCUT2D eigenvalue weighted by molar-refractivity contribution is 7.13. The first-order valence-corrected chi connectivity index (χ1v) is 8.56. The van der Waals surface area contributed by atoms with Gasteiger partial charge in [-0.3, -0.25) is 9.59 Å². The summed E-state index contributed by atoms with van der Waals surface area (Å²) in [5.74, 6) is 0.214. The number of imidazole rings is 1. The number of nitrogens with one attached hydrogen (secondary N) is 1. The summed E-state index contributed by atoms with van der Waals surface area (Å²) < 4.78 is 0. The largest absolute Gasteiger partial charge is 0.348 e. The molecule has 1 aliphatic rings. The van der Waals surface area contributed by atoms with E-state index in [2.05, 4.69) is 9.97 Å². The summed E-state index contributed by atoms with van der Waals surface area (Å²) in [5.41, 5.74) is 0.972. The van der Waals surface area contributed by atoms with Crippen molar-refractivity contribution in [3.8, 4) is 0 Å². The minimum absolute atomic E-state index is 0.0765. The standard InChI is InChI=1S/C16H20N4O2S/c1-12-2-4-14(23-12)16(22)20-8-6-19(7-9-20)15(21)5-3-13-10-17-11-18-13/h2,4,10-11H,3,5-9H2,1H3,(H,17,18). The number of piperazine rings is 1. The molecular weight excluding hydrogens is 312 g/mol. The number of hydrogen-bond acceptors (Lipinski definition) is 4. The lowest BCUT2D eigenvalue weighted by Gasteiger charge is -2.34. The van der Waals surface area contributed by atoms with Crippen molar-refractivity contribution in [2.45, 2.75) is 19.8 Å². The van der Waals surface area contributed by atoms with E-state index in [4.69, 9.17) is 0 Å². The highest BCUT2D eigenvalue weighted by atomic mass is 32.1. The molecule has 7 heteroatoms. The molecule has 1 fully saturated rings. The molecule has 0 atom stereocenters. The predicted molar refractivity (Wildman–Crippen MR) is 88.4 cm³/mol. The van der Waals surface area contributed by atoms with E-state index < -0.39 is 0 Å². The molecule has 1 saturated heterocycles. The molecule has 1 N–H and O–H groups in total. The maximum Gasteiger partial charge on any atom is 0.264 e. The molecule has 3 rings (SSSR count). The van der Waals surface area contributed by atoms with Crippen LogP contribution in [0.3, 0.4) is 0 Å². The van der Waals surface area contributed by atoms with Gasteiger partial charge in [-0.2, -0.15) is 0 Å². The molecule has 6 nitrogen and oxygen atoms in total. The Labute approximate surface area is 139 Å². The van der Waals surface area contributed by atoms with Crippen LogP contribution >= 0.6 is 11.3 Å². The molecule has 23 heavy (non-hydrogen) atoms. The van der Waals surface area contributed by atoms with Gasteiger partial charge in [0.15, 0.2) is 0 Å². The van der Waals surface area contributed by atoms with Crippen LogP contribution in [0.4, 0.5) is 0 Å². The van der Waals surface area contributed by atoms with Crippen LogP contribution in [0.15, 0.2) is 24.7 Å². The zero-order valence-corrected chi connectivity index (χ0v) is 13.9. The Morgan fingerprint density at radius 1 is 1.22 bits per heavy atom. The number of thiophene rings is 1. The summed E-state index contributed by atoms with van der Waals surface area (Å²) in [5, 5.41) is 0. The second-order valence-corrected chi connectivity index (χ2v) is 6.95. The van der Waals surface area contributed by atoms with Crippen molar-refractivity contribution in [1.29, 1.82) is 0 Å². The molecule has 2 aromatic rings. The molecule has 0 aliphatic carbocycles. The van der Waals surface area contributed by atoms with Crippen molar-refractivity contribution in [1.82, 2.24) is 19.8 Å². The topological polar surface area (TPSA) is 69.3 Å². The van der Waals surface area contributed by atoms with Gasteiger partial charge >= 0.3 is 0 Å². The molecule has 0 aromatic carbocycles. The number of carbonyl (C=O) groups excluding carboxylic acids is 2. The van der Waals surface area contributed by atoms with Gasteiger partial charge in [-0.25, -0.2) is 4.98 Å². The van der Waals surface area contributed by atoms with Crippen LogP contribution in [0.2, 0.25) is 0 Å².